The van der Waals surface area contributed by atoms with Crippen molar-refractivity contribution in [1.29, 1.82) is 0 Å². The number of hydrazine groups is 1. The van der Waals surface area contributed by atoms with Gasteiger partial charge in [-0.15, -0.1) is 0 Å². The minimum atomic E-state index is -0.768. The fourth-order valence-corrected chi connectivity index (χ4v) is 8.82. The Kier molecular flexibility index (Phi) is 14.2. The second kappa shape index (κ2) is 19.1. The van der Waals surface area contributed by atoms with Crippen LogP contribution >= 0.6 is 0 Å². The standard InChI is InChI=1S/C41H53N5O4.C5H12N2/c1-6-46-38-14-13-31(30-11-9-10-29(18-30)19-32(42)25-47)20-35(38)37(22-41(4,5)26-50-28(3)49)40(46)36-21-34(23-43-39(36)27(2)48)45-17-16-44-15-8-7-12-33(44)24-45;1-7-5-3-2-4-6-7/h9-11,13-14,18,20-21,23,25,27,32-33,48H,6-8,12,15-17,19,22,24,26,42H2,1-5H3;6H,2-5H2,1H3. The first kappa shape index (κ1) is 42.5. The van der Waals surface area contributed by atoms with E-state index >= 15 is 0 Å². The van der Waals surface area contributed by atoms with Crippen LogP contribution in [0.5, 0.6) is 0 Å². The normalized spacial score (nSPS) is 19.0. The summed E-state index contributed by atoms with van der Waals surface area (Å²) in [5.41, 5.74) is 17.9. The van der Waals surface area contributed by atoms with Gasteiger partial charge in [0.05, 0.1) is 42.0 Å². The highest BCUT2D eigenvalue weighted by atomic mass is 16.5. The third-order valence-electron chi connectivity index (χ3n) is 11.8. The van der Waals surface area contributed by atoms with Crippen molar-refractivity contribution in [3.63, 3.8) is 0 Å². The molecule has 3 unspecified atom stereocenters. The summed E-state index contributed by atoms with van der Waals surface area (Å²) >= 11 is 0. The molecule has 3 aliphatic rings. The summed E-state index contributed by atoms with van der Waals surface area (Å²) in [6.07, 6.45) is 9.56. The molecule has 308 valence electrons. The zero-order valence-corrected chi connectivity index (χ0v) is 35.1. The van der Waals surface area contributed by atoms with Crippen molar-refractivity contribution in [3.05, 3.63) is 71.5 Å². The molecule has 0 spiro atoms. The summed E-state index contributed by atoms with van der Waals surface area (Å²) in [5.74, 6) is -0.294. The lowest BCUT2D eigenvalue weighted by Gasteiger charge is -2.45. The first-order valence-corrected chi connectivity index (χ1v) is 21.1. The molecular weight excluding hydrogens is 715 g/mol. The van der Waals surface area contributed by atoms with Gasteiger partial charge in [-0.25, -0.2) is 5.01 Å². The Balaban J connectivity index is 0.000000708. The van der Waals surface area contributed by atoms with E-state index in [4.69, 9.17) is 15.5 Å². The average Bonchev–Trinajstić information content (AvgIpc) is 3.51. The number of aldehydes is 1. The van der Waals surface area contributed by atoms with Gasteiger partial charge < -0.3 is 29.8 Å². The molecule has 5 heterocycles. The maximum Gasteiger partial charge on any atom is 0.302 e. The molecule has 0 bridgehead atoms. The summed E-state index contributed by atoms with van der Waals surface area (Å²) in [7, 11) is 2.08. The van der Waals surface area contributed by atoms with E-state index in [9.17, 15) is 14.7 Å². The van der Waals surface area contributed by atoms with E-state index in [-0.39, 0.29) is 18.0 Å². The summed E-state index contributed by atoms with van der Waals surface area (Å²) in [6.45, 7) is 17.2. The number of aliphatic hydroxyl groups is 1. The lowest BCUT2D eigenvalue weighted by molar-refractivity contribution is -0.143. The number of carbonyl (C=O) groups excluding carboxylic acids is 2. The van der Waals surface area contributed by atoms with Gasteiger partial charge in [-0.05, 0) is 99.4 Å². The van der Waals surface area contributed by atoms with E-state index in [0.29, 0.717) is 24.6 Å². The molecule has 3 saturated heterocycles. The Morgan fingerprint density at radius 2 is 1.86 bits per heavy atom. The van der Waals surface area contributed by atoms with E-state index < -0.39 is 12.1 Å². The number of nitrogens with two attached hydrogens (primary N) is 1. The van der Waals surface area contributed by atoms with Crippen LogP contribution in [0, 0.1) is 5.41 Å². The van der Waals surface area contributed by atoms with Gasteiger partial charge in [0.2, 0.25) is 0 Å². The Morgan fingerprint density at radius 1 is 1.07 bits per heavy atom. The van der Waals surface area contributed by atoms with Gasteiger partial charge in [0.15, 0.2) is 0 Å². The van der Waals surface area contributed by atoms with E-state index in [1.54, 1.807) is 6.92 Å². The van der Waals surface area contributed by atoms with Crippen molar-refractivity contribution in [2.75, 3.05) is 57.8 Å². The number of rotatable bonds is 12. The van der Waals surface area contributed by atoms with Crippen LogP contribution < -0.4 is 16.1 Å². The van der Waals surface area contributed by atoms with Gasteiger partial charge in [-0.2, -0.15) is 0 Å². The number of hydrogen-bond donors (Lipinski definition) is 3. The minimum absolute atomic E-state index is 0.284. The number of hydrogen-bond acceptors (Lipinski definition) is 10. The number of aryl methyl sites for hydroxylation is 1. The maximum atomic E-state index is 11.9. The Bertz CT molecular complexity index is 1980. The first-order valence-electron chi connectivity index (χ1n) is 21.1. The number of carbonyl (C=O) groups is 2. The number of nitrogens with one attached hydrogen (secondary N) is 1. The van der Waals surface area contributed by atoms with Crippen molar-refractivity contribution in [3.8, 4) is 22.4 Å². The van der Waals surface area contributed by atoms with Gasteiger partial charge in [0, 0.05) is 81.2 Å². The van der Waals surface area contributed by atoms with E-state index in [2.05, 4.69) is 89.0 Å². The maximum absolute atomic E-state index is 11.9. The summed E-state index contributed by atoms with van der Waals surface area (Å²) in [6, 6.07) is 17.1. The van der Waals surface area contributed by atoms with Crippen LogP contribution in [0.3, 0.4) is 0 Å². The van der Waals surface area contributed by atoms with Crippen LogP contribution in [0.2, 0.25) is 0 Å². The summed E-state index contributed by atoms with van der Waals surface area (Å²) in [4.78, 5) is 33.3. The molecule has 11 nitrogen and oxygen atoms in total. The zero-order chi connectivity index (χ0) is 40.7. The van der Waals surface area contributed by atoms with Gasteiger partial charge in [-0.1, -0.05) is 50.6 Å². The third-order valence-corrected chi connectivity index (χ3v) is 11.8. The molecule has 2 aromatic carbocycles. The van der Waals surface area contributed by atoms with Crippen LogP contribution in [-0.4, -0.2) is 102 Å². The van der Waals surface area contributed by atoms with Crippen molar-refractivity contribution >= 4 is 28.8 Å². The van der Waals surface area contributed by atoms with Crippen molar-refractivity contribution in [2.24, 2.45) is 11.1 Å². The fraction of sp³-hybridized carbons (Fsp3) is 0.543. The summed E-state index contributed by atoms with van der Waals surface area (Å²) in [5, 5.41) is 14.4. The number of aliphatic hydroxyl groups excluding tert-OH is 1. The molecule has 2 aromatic heterocycles. The molecule has 3 atom stereocenters. The molecule has 0 amide bonds. The van der Waals surface area contributed by atoms with Crippen molar-refractivity contribution in [1.82, 2.24) is 24.9 Å². The lowest BCUT2D eigenvalue weighted by atomic mass is 9.84. The predicted octanol–water partition coefficient (Wildman–Crippen LogP) is 6.54. The third kappa shape index (κ3) is 10.5. The highest BCUT2D eigenvalue weighted by molar-refractivity contribution is 5.95. The number of benzene rings is 2. The van der Waals surface area contributed by atoms with Gasteiger partial charge >= 0.3 is 5.97 Å². The molecule has 3 aliphatic heterocycles. The highest BCUT2D eigenvalue weighted by Gasteiger charge is 2.32. The first-order chi connectivity index (χ1) is 27.4. The fourth-order valence-electron chi connectivity index (χ4n) is 8.82. The second-order valence-corrected chi connectivity index (χ2v) is 17.1. The van der Waals surface area contributed by atoms with Crippen molar-refractivity contribution < 1.29 is 19.4 Å². The number of pyridine rings is 1. The molecule has 3 fully saturated rings. The van der Waals surface area contributed by atoms with Gasteiger partial charge in [0.25, 0.3) is 0 Å². The number of nitrogens with zero attached hydrogens (tertiary/aromatic N) is 5. The van der Waals surface area contributed by atoms with Crippen LogP contribution in [-0.2, 0) is 33.7 Å². The summed E-state index contributed by atoms with van der Waals surface area (Å²) < 4.78 is 7.93. The SMILES string of the molecule is CCn1c(-c2cc(N3CCN4CCCCC4C3)cnc2C(C)O)c(CC(C)(C)COC(C)=O)c2cc(-c3cccc(CC(N)C=O)c3)ccc21.CN1CCCCN1. The average molecular weight is 780 g/mol. The predicted molar refractivity (Wildman–Crippen MR) is 230 cm³/mol. The number of ether oxygens (including phenoxy) is 1. The topological polar surface area (TPSA) is 129 Å². The number of aromatic nitrogens is 2. The Morgan fingerprint density at radius 3 is 2.54 bits per heavy atom. The number of piperazine rings is 1. The quantitative estimate of drug-likeness (QED) is 0.108. The van der Waals surface area contributed by atoms with Crippen LogP contribution in [0.1, 0.15) is 89.6 Å². The monoisotopic (exact) mass is 780 g/mol. The van der Waals surface area contributed by atoms with Crippen LogP contribution in [0.25, 0.3) is 33.3 Å². The smallest absolute Gasteiger partial charge is 0.302 e. The highest BCUT2D eigenvalue weighted by Crippen LogP contribution is 2.43. The van der Waals surface area contributed by atoms with Crippen LogP contribution in [0.15, 0.2) is 54.7 Å². The van der Waals surface area contributed by atoms with E-state index in [1.165, 1.54) is 52.1 Å². The largest absolute Gasteiger partial charge is 0.465 e. The number of anilines is 1. The number of piperidine rings is 1. The molecule has 0 aliphatic carbocycles. The molecule has 0 radical (unpaired) electrons. The van der Waals surface area contributed by atoms with Crippen LogP contribution in [0.4, 0.5) is 5.69 Å². The number of esters is 1. The van der Waals surface area contributed by atoms with Gasteiger partial charge in [0.1, 0.15) is 6.29 Å². The lowest BCUT2D eigenvalue weighted by Crippen LogP contribution is -2.54. The molecule has 4 aromatic rings. The minimum Gasteiger partial charge on any atom is -0.465 e. The Hall–Kier alpha value is -4.13. The molecular formula is C46H65N7O4. The number of fused-ring (bicyclic) bond motifs is 2. The van der Waals surface area contributed by atoms with Crippen molar-refractivity contribution in [2.45, 2.75) is 104 Å². The molecule has 7 rings (SSSR count). The van der Waals surface area contributed by atoms with E-state index in [1.807, 2.05) is 18.3 Å². The van der Waals surface area contributed by atoms with E-state index in [0.717, 1.165) is 89.1 Å². The second-order valence-electron chi connectivity index (χ2n) is 17.1. The molecule has 57 heavy (non-hydrogen) atoms. The molecule has 11 heteroatoms. The molecule has 4 N–H and O–H groups in total. The Labute approximate surface area is 339 Å². The zero-order valence-electron chi connectivity index (χ0n) is 35.1. The molecule has 0 saturated carbocycles. The van der Waals surface area contributed by atoms with Gasteiger partial charge in [-0.3, -0.25) is 20.1 Å².